The van der Waals surface area contributed by atoms with Crippen molar-refractivity contribution < 1.29 is 161 Å². The predicted octanol–water partition coefficient (Wildman–Crippen LogP) is 5.46. The molecular formula is C36H49F13O23S4. The zero-order valence-corrected chi connectivity index (χ0v) is 42.5. The highest BCUT2D eigenvalue weighted by Crippen LogP contribution is 2.42. The number of carbonyl (C=O) groups is 5. The summed E-state index contributed by atoms with van der Waals surface area (Å²) in [6.45, 7) is 13.9. The topological polar surface area (TPSA) is 358 Å². The molecule has 0 fully saturated rings. The Kier molecular flexibility index (Phi) is 32.7. The van der Waals surface area contributed by atoms with Crippen molar-refractivity contribution in [2.45, 2.75) is 98.3 Å². The van der Waals surface area contributed by atoms with Gasteiger partial charge in [-0.2, -0.15) is 86.4 Å². The Labute approximate surface area is 424 Å². The van der Waals surface area contributed by atoms with Crippen LogP contribution >= 0.6 is 0 Å². The van der Waals surface area contributed by atoms with E-state index in [-0.39, 0.29) is 49.6 Å². The summed E-state index contributed by atoms with van der Waals surface area (Å²) in [5.74, 6) is -15.5. The highest BCUT2D eigenvalue weighted by Gasteiger charge is 2.66. The molecule has 446 valence electrons. The average molecular weight is 1230 g/mol. The lowest BCUT2D eigenvalue weighted by molar-refractivity contribution is -0.167. The first-order chi connectivity index (χ1) is 33.8. The van der Waals surface area contributed by atoms with Gasteiger partial charge >= 0.3 is 103 Å². The van der Waals surface area contributed by atoms with Crippen molar-refractivity contribution in [1.82, 2.24) is 0 Å². The van der Waals surface area contributed by atoms with Crippen molar-refractivity contribution in [3.63, 3.8) is 0 Å². The fourth-order valence-electron chi connectivity index (χ4n) is 3.42. The molecule has 0 radical (unpaired) electrons. The zero-order chi connectivity index (χ0) is 61.3. The van der Waals surface area contributed by atoms with Gasteiger partial charge in [-0.15, -0.1) is 0 Å². The molecule has 1 unspecified atom stereocenters. The molecule has 0 saturated carbocycles. The van der Waals surface area contributed by atoms with E-state index >= 15 is 0 Å². The summed E-state index contributed by atoms with van der Waals surface area (Å²) in [5, 5.41) is -21.1. The van der Waals surface area contributed by atoms with Gasteiger partial charge in [0.1, 0.15) is 6.61 Å². The largest absolute Gasteiger partial charge is 0.465 e. The molecule has 0 amide bonds. The third-order valence-corrected chi connectivity index (χ3v) is 11.1. The van der Waals surface area contributed by atoms with Crippen molar-refractivity contribution >= 4 is 70.3 Å². The van der Waals surface area contributed by atoms with Crippen LogP contribution in [0, 0.1) is 0 Å². The van der Waals surface area contributed by atoms with Crippen LogP contribution in [0.3, 0.4) is 0 Å². The second-order valence-electron chi connectivity index (χ2n) is 14.1. The Balaban J connectivity index is -0.000000457. The number of hydrogen-bond donors (Lipinski definition) is 4. The molecule has 0 aliphatic carbocycles. The molecule has 0 aromatic rings. The minimum atomic E-state index is -6.23. The van der Waals surface area contributed by atoms with Gasteiger partial charge in [0.15, 0.2) is 6.17 Å². The number of rotatable bonds is 30. The van der Waals surface area contributed by atoms with Gasteiger partial charge in [-0.3, -0.25) is 18.2 Å². The summed E-state index contributed by atoms with van der Waals surface area (Å²) in [7, 11) is -24.2. The van der Waals surface area contributed by atoms with Crippen molar-refractivity contribution in [1.29, 1.82) is 0 Å². The normalized spacial score (nSPS) is 13.0. The molecule has 0 aliphatic heterocycles. The van der Waals surface area contributed by atoms with E-state index < -0.39 is 161 Å². The van der Waals surface area contributed by atoms with Crippen LogP contribution in [0.15, 0.2) is 49.1 Å². The number of esters is 5. The van der Waals surface area contributed by atoms with Gasteiger partial charge in [0.25, 0.3) is 0 Å². The lowest BCUT2D eigenvalue weighted by atomic mass is 10.2. The van der Waals surface area contributed by atoms with Gasteiger partial charge in [0.2, 0.25) is 0 Å². The number of alkyl halides is 13. The first-order valence-electron chi connectivity index (χ1n) is 19.6. The molecule has 0 aromatic carbocycles. The Hall–Kier alpha value is -5.00. The number of hydrogen-bond acceptors (Lipinski definition) is 19. The SMILES string of the molecule is C=C(C)C(=O)OCCC(F)C(F)(F)S(=O)(=O)O.C=C(C)C(=O)OCCCC(F)(F)C(F)(F)S(=O)(=O)O.C=C(C)C(=O)OCCOCCCC(F)(F)C(F)(F)S(=O)(=O)O.C=CC(=O)OCCCOC(=O)C(F)(F)S(=O)(=O)O. The van der Waals surface area contributed by atoms with E-state index in [1.807, 2.05) is 0 Å². The van der Waals surface area contributed by atoms with E-state index in [1.54, 1.807) is 0 Å². The summed E-state index contributed by atoms with van der Waals surface area (Å²) in [6.07, 6.45) is -7.87. The Morgan fingerprint density at radius 2 is 0.829 bits per heavy atom. The van der Waals surface area contributed by atoms with Crippen LogP contribution < -0.4 is 0 Å². The molecule has 0 bridgehead atoms. The number of carbonyl (C=O) groups excluding carboxylic acids is 5. The maximum atomic E-state index is 13.0. The molecule has 76 heavy (non-hydrogen) atoms. The van der Waals surface area contributed by atoms with E-state index in [4.69, 9.17) is 22.9 Å². The van der Waals surface area contributed by atoms with Gasteiger partial charge in [-0.25, -0.2) is 28.4 Å². The third kappa shape index (κ3) is 27.4. The lowest BCUT2D eigenvalue weighted by Crippen LogP contribution is -2.46. The molecule has 0 rings (SSSR count). The van der Waals surface area contributed by atoms with Crippen LogP contribution in [0.1, 0.15) is 59.3 Å². The molecule has 0 aliphatic rings. The third-order valence-electron chi connectivity index (χ3n) is 7.46. The van der Waals surface area contributed by atoms with E-state index in [0.717, 1.165) is 6.08 Å². The monoisotopic (exact) mass is 1220 g/mol. The van der Waals surface area contributed by atoms with Crippen LogP contribution in [-0.4, -0.2) is 167 Å². The molecule has 0 saturated heterocycles. The predicted molar refractivity (Wildman–Crippen MR) is 229 cm³/mol. The van der Waals surface area contributed by atoms with Gasteiger partial charge in [0, 0.05) is 55.1 Å². The standard InChI is InChI=1S/C11H16F4O6S.C9H12F4O5S.C8H11F3O5S.C8H10F2O7S/c1-8(2)9(16)21-7-6-20-5-3-4-10(12,13)11(14,15)22(17,18)19;1-6(2)7(14)18-5-3-4-8(10,11)9(12,13)19(15,16)17;1-5(2)7(12)16-4-3-6(9)8(10,11)17(13,14)15;1-2-6(11)16-4-3-5-17-7(12)8(9,10)18(13,14)15/h1,3-7H2,2H3,(H,17,18,19);1,3-5H2,2H3,(H,15,16,17);6H,1,3-4H2,2H3,(H,13,14,15);2H,1,3-5H2,(H,13,14,15). The lowest BCUT2D eigenvalue weighted by Gasteiger charge is -2.23. The van der Waals surface area contributed by atoms with Gasteiger partial charge < -0.3 is 28.4 Å². The fraction of sp³-hybridized carbons (Fsp3) is 0.639. The van der Waals surface area contributed by atoms with Crippen molar-refractivity contribution in [3.05, 3.63) is 49.1 Å². The minimum Gasteiger partial charge on any atom is -0.462 e. The molecule has 0 aromatic heterocycles. The van der Waals surface area contributed by atoms with Gasteiger partial charge in [-0.1, -0.05) is 26.3 Å². The first-order valence-corrected chi connectivity index (χ1v) is 25.3. The van der Waals surface area contributed by atoms with E-state index in [1.165, 1.54) is 20.8 Å². The number of ether oxygens (including phenoxy) is 6. The Morgan fingerprint density at radius 1 is 0.487 bits per heavy atom. The first kappa shape index (κ1) is 77.5. The summed E-state index contributed by atoms with van der Waals surface area (Å²) >= 11 is 0. The molecule has 40 heteroatoms. The van der Waals surface area contributed by atoms with Crippen LogP contribution in [0.5, 0.6) is 0 Å². The van der Waals surface area contributed by atoms with Crippen LogP contribution in [0.2, 0.25) is 0 Å². The second-order valence-corrected chi connectivity index (χ2v) is 20.0. The zero-order valence-electron chi connectivity index (χ0n) is 39.3. The molecular weight excluding hydrogens is 1180 g/mol. The van der Waals surface area contributed by atoms with Crippen LogP contribution in [0.4, 0.5) is 57.1 Å². The quantitative estimate of drug-likeness (QED) is 0.0173. The Bertz CT molecular complexity index is 2470. The minimum absolute atomic E-state index is 0.00461. The average Bonchev–Trinajstić information content (AvgIpc) is 3.25. The highest BCUT2D eigenvalue weighted by atomic mass is 32.2. The van der Waals surface area contributed by atoms with Crippen LogP contribution in [0.25, 0.3) is 0 Å². The summed E-state index contributed by atoms with van der Waals surface area (Å²) in [6, 6.07) is 0. The maximum absolute atomic E-state index is 13.0. The summed E-state index contributed by atoms with van der Waals surface area (Å²) < 4.78 is 306. The van der Waals surface area contributed by atoms with E-state index in [2.05, 4.69) is 50.0 Å². The molecule has 0 heterocycles. The molecule has 23 nitrogen and oxygen atoms in total. The fourth-order valence-corrected chi connectivity index (χ4v) is 5.09. The van der Waals surface area contributed by atoms with E-state index in [9.17, 15) is 115 Å². The molecule has 0 spiro atoms. The van der Waals surface area contributed by atoms with Gasteiger partial charge in [-0.05, 0) is 33.6 Å². The second kappa shape index (κ2) is 32.0. The highest BCUT2D eigenvalue weighted by molar-refractivity contribution is 7.88. The molecule has 1 atom stereocenters. The number of halogens is 13. The summed E-state index contributed by atoms with van der Waals surface area (Å²) in [5.41, 5.74) is 0.143. The smallest absolute Gasteiger partial charge is 0.462 e. The van der Waals surface area contributed by atoms with Crippen molar-refractivity contribution in [2.75, 3.05) is 46.2 Å². The maximum Gasteiger partial charge on any atom is 0.465 e. The van der Waals surface area contributed by atoms with Crippen molar-refractivity contribution in [3.8, 4) is 0 Å². The van der Waals surface area contributed by atoms with Crippen molar-refractivity contribution in [2.24, 2.45) is 0 Å². The Morgan fingerprint density at radius 3 is 1.17 bits per heavy atom. The summed E-state index contributed by atoms with van der Waals surface area (Å²) in [4.78, 5) is 53.7. The van der Waals surface area contributed by atoms with E-state index in [0.29, 0.717) is 0 Å². The van der Waals surface area contributed by atoms with Crippen LogP contribution in [-0.2, 0) is 92.9 Å². The molecule has 4 N–H and O–H groups in total. The van der Waals surface area contributed by atoms with Gasteiger partial charge in [0.05, 0.1) is 33.0 Å².